The highest BCUT2D eigenvalue weighted by Crippen LogP contribution is 2.39. The third-order valence-electron chi connectivity index (χ3n) is 6.34. The lowest BCUT2D eigenvalue weighted by molar-refractivity contribution is -0.192. The fourth-order valence-corrected chi connectivity index (χ4v) is 4.58. The summed E-state index contributed by atoms with van der Waals surface area (Å²) in [6.07, 6.45) is 1.59. The molecule has 2 aliphatic heterocycles. The molecule has 3 heterocycles. The molecule has 2 aliphatic rings. The predicted octanol–water partition coefficient (Wildman–Crippen LogP) is 3.93. The number of carboxylic acids is 1. The number of hydrogen-bond donors (Lipinski definition) is 1. The zero-order valence-corrected chi connectivity index (χ0v) is 18.0. The smallest absolute Gasteiger partial charge is 0.475 e. The summed E-state index contributed by atoms with van der Waals surface area (Å²) in [4.78, 5) is 26.4. The van der Waals surface area contributed by atoms with Gasteiger partial charge in [-0.1, -0.05) is 30.3 Å². The summed E-state index contributed by atoms with van der Waals surface area (Å²) in [7, 11) is 1.94. The third kappa shape index (κ3) is 5.51. The number of rotatable bonds is 3. The Hall–Kier alpha value is -2.81. The highest BCUT2D eigenvalue weighted by molar-refractivity contribution is 5.92. The number of aliphatic carboxylic acids is 1. The van der Waals surface area contributed by atoms with Crippen LogP contribution in [0.1, 0.15) is 41.7 Å². The first kappa shape index (κ1) is 23.8. The van der Waals surface area contributed by atoms with Gasteiger partial charge in [-0.25, -0.2) is 4.79 Å². The van der Waals surface area contributed by atoms with Gasteiger partial charge in [-0.15, -0.1) is 0 Å². The summed E-state index contributed by atoms with van der Waals surface area (Å²) < 4.78 is 33.7. The Morgan fingerprint density at radius 2 is 1.62 bits per heavy atom. The van der Waals surface area contributed by atoms with Gasteiger partial charge in [0.2, 0.25) is 0 Å². The molecule has 1 N–H and O–H groups in total. The van der Waals surface area contributed by atoms with Crippen molar-refractivity contribution in [3.8, 4) is 0 Å². The highest BCUT2D eigenvalue weighted by atomic mass is 19.4. The van der Waals surface area contributed by atoms with Gasteiger partial charge in [0.05, 0.1) is 0 Å². The van der Waals surface area contributed by atoms with Crippen LogP contribution in [0.25, 0.3) is 0 Å². The maximum atomic E-state index is 12.7. The zero-order chi connectivity index (χ0) is 23.4. The molecule has 0 aliphatic carbocycles. The van der Waals surface area contributed by atoms with Crippen LogP contribution >= 0.6 is 0 Å². The molecular formula is C23H28F3N3O3. The standard InChI is InChI=1S/C21H27N3O.C2HF3O2/c1-22-13-5-9-19(22)20(25)23-15-11-21(12-16-23)10-6-14-24(21)17-18-7-3-2-4-8-18;3-2(4,5)1(6)7/h2-5,7-9,13H,6,10-12,14-17H2,1H3;(H,6,7). The second kappa shape index (κ2) is 9.77. The van der Waals surface area contributed by atoms with E-state index in [2.05, 4.69) is 35.2 Å². The number of benzene rings is 1. The van der Waals surface area contributed by atoms with Gasteiger partial charge >= 0.3 is 12.1 Å². The van der Waals surface area contributed by atoms with Crippen molar-refractivity contribution in [3.63, 3.8) is 0 Å². The number of aromatic nitrogens is 1. The lowest BCUT2D eigenvalue weighted by Gasteiger charge is -2.45. The first-order valence-electron chi connectivity index (χ1n) is 10.6. The Labute approximate surface area is 185 Å². The molecule has 0 radical (unpaired) electrons. The predicted molar refractivity (Wildman–Crippen MR) is 113 cm³/mol. The Balaban J connectivity index is 0.000000360. The monoisotopic (exact) mass is 451 g/mol. The molecule has 2 fully saturated rings. The molecule has 1 aromatic carbocycles. The average Bonchev–Trinajstić information content (AvgIpc) is 3.35. The second-order valence-electron chi connectivity index (χ2n) is 8.33. The number of carbonyl (C=O) groups is 2. The lowest BCUT2D eigenvalue weighted by atomic mass is 9.84. The number of amides is 1. The topological polar surface area (TPSA) is 65.8 Å². The van der Waals surface area contributed by atoms with Crippen molar-refractivity contribution in [1.82, 2.24) is 14.4 Å². The van der Waals surface area contributed by atoms with E-state index in [1.54, 1.807) is 0 Å². The van der Waals surface area contributed by atoms with Crippen molar-refractivity contribution < 1.29 is 27.9 Å². The van der Waals surface area contributed by atoms with Crippen molar-refractivity contribution in [2.45, 2.75) is 43.9 Å². The van der Waals surface area contributed by atoms with Crippen molar-refractivity contribution in [2.75, 3.05) is 19.6 Å². The molecule has 1 spiro atoms. The van der Waals surface area contributed by atoms with E-state index in [0.29, 0.717) is 5.54 Å². The number of aryl methyl sites for hydroxylation is 1. The summed E-state index contributed by atoms with van der Waals surface area (Å²) in [5.41, 5.74) is 2.48. The van der Waals surface area contributed by atoms with Gasteiger partial charge in [-0.3, -0.25) is 9.69 Å². The molecule has 1 aromatic heterocycles. The summed E-state index contributed by atoms with van der Waals surface area (Å²) >= 11 is 0. The van der Waals surface area contributed by atoms with E-state index in [4.69, 9.17) is 9.90 Å². The first-order valence-corrected chi connectivity index (χ1v) is 10.6. The van der Waals surface area contributed by atoms with Crippen LogP contribution in [0.15, 0.2) is 48.7 Å². The Morgan fingerprint density at radius 1 is 1.00 bits per heavy atom. The summed E-state index contributed by atoms with van der Waals surface area (Å²) in [5.74, 6) is -2.58. The van der Waals surface area contributed by atoms with Crippen LogP contribution in [0.3, 0.4) is 0 Å². The van der Waals surface area contributed by atoms with E-state index >= 15 is 0 Å². The molecule has 9 heteroatoms. The van der Waals surface area contributed by atoms with Gasteiger partial charge in [0.25, 0.3) is 5.91 Å². The molecule has 0 bridgehead atoms. The minimum absolute atomic E-state index is 0.176. The molecule has 2 aromatic rings. The van der Waals surface area contributed by atoms with Gasteiger partial charge in [-0.2, -0.15) is 13.2 Å². The van der Waals surface area contributed by atoms with Gasteiger partial charge in [0.15, 0.2) is 0 Å². The molecule has 0 saturated carbocycles. The van der Waals surface area contributed by atoms with E-state index < -0.39 is 12.1 Å². The van der Waals surface area contributed by atoms with E-state index in [9.17, 15) is 18.0 Å². The van der Waals surface area contributed by atoms with E-state index in [1.807, 2.05) is 34.8 Å². The molecular weight excluding hydrogens is 423 g/mol. The SMILES string of the molecule is Cn1cccc1C(=O)N1CCC2(CCCN2Cc2ccccc2)CC1.O=C(O)C(F)(F)F. The van der Waals surface area contributed by atoms with Crippen molar-refractivity contribution >= 4 is 11.9 Å². The first-order chi connectivity index (χ1) is 15.1. The van der Waals surface area contributed by atoms with Gasteiger partial charge < -0.3 is 14.6 Å². The van der Waals surface area contributed by atoms with Crippen molar-refractivity contribution in [2.24, 2.45) is 7.05 Å². The Morgan fingerprint density at radius 3 is 2.16 bits per heavy atom. The maximum Gasteiger partial charge on any atom is 0.490 e. The van der Waals surface area contributed by atoms with Crippen LogP contribution < -0.4 is 0 Å². The quantitative estimate of drug-likeness (QED) is 0.768. The number of likely N-dealkylation sites (tertiary alicyclic amines) is 2. The molecule has 2 saturated heterocycles. The number of carboxylic acid groups (broad SMARTS) is 1. The molecule has 6 nitrogen and oxygen atoms in total. The number of nitrogens with zero attached hydrogens (tertiary/aromatic N) is 3. The minimum atomic E-state index is -5.08. The molecule has 0 atom stereocenters. The van der Waals surface area contributed by atoms with E-state index in [1.165, 1.54) is 24.9 Å². The lowest BCUT2D eigenvalue weighted by Crippen LogP contribution is -2.53. The van der Waals surface area contributed by atoms with Crippen LogP contribution in [0, 0.1) is 0 Å². The molecule has 174 valence electrons. The second-order valence-corrected chi connectivity index (χ2v) is 8.33. The maximum absolute atomic E-state index is 12.7. The molecule has 32 heavy (non-hydrogen) atoms. The van der Waals surface area contributed by atoms with Crippen LogP contribution in [0.4, 0.5) is 13.2 Å². The van der Waals surface area contributed by atoms with Crippen LogP contribution in [-0.4, -0.2) is 62.7 Å². The fraction of sp³-hybridized carbons (Fsp3) is 0.478. The molecule has 1 amide bonds. The number of halogens is 3. The van der Waals surface area contributed by atoms with Crippen LogP contribution in [-0.2, 0) is 18.4 Å². The average molecular weight is 451 g/mol. The van der Waals surface area contributed by atoms with Gasteiger partial charge in [-0.05, 0) is 49.9 Å². The molecule has 4 rings (SSSR count). The summed E-state index contributed by atoms with van der Waals surface area (Å²) in [5, 5.41) is 7.12. The largest absolute Gasteiger partial charge is 0.490 e. The number of carbonyl (C=O) groups excluding carboxylic acids is 1. The van der Waals surface area contributed by atoms with Crippen LogP contribution in [0.5, 0.6) is 0 Å². The Bertz CT molecular complexity index is 919. The number of piperidine rings is 1. The third-order valence-corrected chi connectivity index (χ3v) is 6.34. The van der Waals surface area contributed by atoms with Crippen molar-refractivity contribution in [1.29, 1.82) is 0 Å². The summed E-state index contributed by atoms with van der Waals surface area (Å²) in [6.45, 7) is 3.96. The van der Waals surface area contributed by atoms with E-state index in [0.717, 1.165) is 38.2 Å². The van der Waals surface area contributed by atoms with E-state index in [-0.39, 0.29) is 5.91 Å². The van der Waals surface area contributed by atoms with Gasteiger partial charge in [0.1, 0.15) is 5.69 Å². The van der Waals surface area contributed by atoms with Crippen molar-refractivity contribution in [3.05, 3.63) is 59.9 Å². The fourth-order valence-electron chi connectivity index (χ4n) is 4.58. The summed E-state index contributed by atoms with van der Waals surface area (Å²) in [6, 6.07) is 14.6. The van der Waals surface area contributed by atoms with Gasteiger partial charge in [0, 0.05) is 38.4 Å². The minimum Gasteiger partial charge on any atom is -0.475 e. The Kier molecular flexibility index (Phi) is 7.28. The molecule has 0 unspecified atom stereocenters. The number of alkyl halides is 3. The highest BCUT2D eigenvalue weighted by Gasteiger charge is 2.43. The number of hydrogen-bond acceptors (Lipinski definition) is 3. The zero-order valence-electron chi connectivity index (χ0n) is 18.0. The normalized spacial score (nSPS) is 18.3. The van der Waals surface area contributed by atoms with Crippen LogP contribution in [0.2, 0.25) is 0 Å².